The molecule has 0 fully saturated rings. The number of halogens is 1. The van der Waals surface area contributed by atoms with Gasteiger partial charge in [-0.3, -0.25) is 14.7 Å². The van der Waals surface area contributed by atoms with Gasteiger partial charge in [0.25, 0.3) is 0 Å². The maximum Gasteiger partial charge on any atom is 0.311 e. The van der Waals surface area contributed by atoms with Crippen molar-refractivity contribution in [2.75, 3.05) is 25.3 Å². The molecule has 2 N–H and O–H groups in total. The molecule has 0 aliphatic heterocycles. The molecule has 0 bridgehead atoms. The Labute approximate surface area is 179 Å². The highest BCUT2D eigenvalue weighted by Gasteiger charge is 2.14. The minimum absolute atomic E-state index is 0.0601. The summed E-state index contributed by atoms with van der Waals surface area (Å²) in [5, 5.41) is 12.7. The van der Waals surface area contributed by atoms with Crippen LogP contribution in [-0.2, 0) is 20.7 Å². The Kier molecular flexibility index (Phi) is 7.07. The Bertz CT molecular complexity index is 1020. The topological polar surface area (TPSA) is 119 Å². The van der Waals surface area contributed by atoms with Crippen LogP contribution in [0.25, 0.3) is 11.4 Å². The first-order valence-electron chi connectivity index (χ1n) is 8.18. The first-order valence-corrected chi connectivity index (χ1v) is 10.4. The van der Waals surface area contributed by atoms with Gasteiger partial charge in [-0.15, -0.1) is 16.4 Å². The summed E-state index contributed by atoms with van der Waals surface area (Å²) in [5.74, 6) is 0.530. The number of amides is 1. The highest BCUT2D eigenvalue weighted by atomic mass is 35.5. The molecule has 2 heterocycles. The van der Waals surface area contributed by atoms with Gasteiger partial charge in [0, 0.05) is 10.4 Å². The number of nitrogens with zero attached hydrogens (tertiary/aromatic N) is 3. The van der Waals surface area contributed by atoms with Crippen LogP contribution in [0.1, 0.15) is 5.69 Å². The van der Waals surface area contributed by atoms with Crippen LogP contribution in [0, 0.1) is 0 Å². The van der Waals surface area contributed by atoms with Gasteiger partial charge in [-0.05, 0) is 18.2 Å². The number of esters is 1. The first kappa shape index (κ1) is 21.1. The molecule has 3 rings (SSSR count). The van der Waals surface area contributed by atoms with Crippen molar-refractivity contribution in [3.05, 3.63) is 34.3 Å². The number of hydrogen-bond donors (Lipinski definition) is 2. The Morgan fingerprint density at radius 2 is 2.14 bits per heavy atom. The number of carbonyl (C=O) groups is 2. The van der Waals surface area contributed by atoms with Crippen LogP contribution in [-0.4, -0.2) is 52.0 Å². The van der Waals surface area contributed by atoms with Gasteiger partial charge in [0.1, 0.15) is 5.75 Å². The molecule has 0 aliphatic carbocycles. The standard InChI is InChI=1S/C17H16ClN5O4S2/c1-26-12-4-3-9(18)5-11(12)15-21-17(23-22-15)29-8-13(24)20-16-19-10(7-28-16)6-14(25)27-2/h3-5,7H,6,8H2,1-2H3,(H,19,20,24)(H,21,22,23). The molecule has 3 aromatic rings. The Balaban J connectivity index is 1.57. The number of methoxy groups -OCH3 is 2. The second-order valence-electron chi connectivity index (χ2n) is 5.54. The lowest BCUT2D eigenvalue weighted by molar-refractivity contribution is -0.139. The number of thioether (sulfide) groups is 1. The number of ether oxygens (including phenoxy) is 2. The van der Waals surface area contributed by atoms with Crippen molar-refractivity contribution in [1.82, 2.24) is 20.2 Å². The summed E-state index contributed by atoms with van der Waals surface area (Å²) < 4.78 is 9.90. The second-order valence-corrected chi connectivity index (χ2v) is 7.78. The van der Waals surface area contributed by atoms with Crippen LogP contribution in [0.5, 0.6) is 5.75 Å². The molecular weight excluding hydrogens is 438 g/mol. The average molecular weight is 454 g/mol. The van der Waals surface area contributed by atoms with Crippen molar-refractivity contribution in [2.45, 2.75) is 11.6 Å². The SMILES string of the molecule is COC(=O)Cc1csc(NC(=O)CSc2n[nH]c(-c3cc(Cl)ccc3OC)n2)n1. The van der Waals surface area contributed by atoms with E-state index < -0.39 is 0 Å². The molecule has 0 aliphatic rings. The molecule has 0 radical (unpaired) electrons. The molecule has 9 nitrogen and oxygen atoms in total. The Morgan fingerprint density at radius 1 is 1.31 bits per heavy atom. The fraction of sp³-hybridized carbons (Fsp3) is 0.235. The maximum absolute atomic E-state index is 12.1. The molecule has 152 valence electrons. The summed E-state index contributed by atoms with van der Waals surface area (Å²) in [7, 11) is 2.86. The number of thiazole rings is 1. The third-order valence-corrected chi connectivity index (χ3v) is 5.45. The van der Waals surface area contributed by atoms with Gasteiger partial charge in [0.05, 0.1) is 37.7 Å². The van der Waals surface area contributed by atoms with E-state index in [1.54, 1.807) is 30.7 Å². The molecule has 0 saturated heterocycles. The van der Waals surface area contributed by atoms with Crippen LogP contribution < -0.4 is 10.1 Å². The lowest BCUT2D eigenvalue weighted by Crippen LogP contribution is -2.14. The molecule has 2 aromatic heterocycles. The van der Waals surface area contributed by atoms with E-state index in [4.69, 9.17) is 16.3 Å². The van der Waals surface area contributed by atoms with Gasteiger partial charge in [-0.2, -0.15) is 0 Å². The average Bonchev–Trinajstić information content (AvgIpc) is 3.35. The van der Waals surface area contributed by atoms with Gasteiger partial charge < -0.3 is 14.8 Å². The van der Waals surface area contributed by atoms with Crippen LogP contribution in [0.15, 0.2) is 28.7 Å². The van der Waals surface area contributed by atoms with E-state index in [1.165, 1.54) is 30.2 Å². The number of aromatic amines is 1. The zero-order chi connectivity index (χ0) is 20.8. The zero-order valence-electron chi connectivity index (χ0n) is 15.4. The molecule has 0 spiro atoms. The first-order chi connectivity index (χ1) is 14.0. The number of nitrogens with one attached hydrogen (secondary N) is 2. The van der Waals surface area contributed by atoms with Crippen molar-refractivity contribution in [2.24, 2.45) is 0 Å². The number of carbonyl (C=O) groups excluding carboxylic acids is 2. The van der Waals surface area contributed by atoms with Crippen LogP contribution in [0.3, 0.4) is 0 Å². The van der Waals surface area contributed by atoms with Crippen molar-refractivity contribution in [1.29, 1.82) is 0 Å². The van der Waals surface area contributed by atoms with E-state index in [2.05, 4.69) is 30.2 Å². The van der Waals surface area contributed by atoms with Gasteiger partial charge in [0.15, 0.2) is 11.0 Å². The normalized spacial score (nSPS) is 10.6. The summed E-state index contributed by atoms with van der Waals surface area (Å²) in [6, 6.07) is 5.18. The number of anilines is 1. The molecule has 1 aromatic carbocycles. The Hall–Kier alpha value is -2.63. The van der Waals surface area contributed by atoms with E-state index in [1.807, 2.05) is 0 Å². The van der Waals surface area contributed by atoms with Crippen molar-refractivity contribution < 1.29 is 19.1 Å². The Morgan fingerprint density at radius 3 is 2.90 bits per heavy atom. The highest BCUT2D eigenvalue weighted by molar-refractivity contribution is 7.99. The van der Waals surface area contributed by atoms with Crippen LogP contribution >= 0.6 is 34.7 Å². The summed E-state index contributed by atoms with van der Waals surface area (Å²) in [4.78, 5) is 31.9. The van der Waals surface area contributed by atoms with Gasteiger partial charge >= 0.3 is 5.97 Å². The summed E-state index contributed by atoms with van der Waals surface area (Å²) >= 11 is 8.44. The minimum atomic E-state index is -0.388. The lowest BCUT2D eigenvalue weighted by Gasteiger charge is -2.05. The number of aromatic nitrogens is 4. The summed E-state index contributed by atoms with van der Waals surface area (Å²) in [6.07, 6.45) is 0.0601. The number of benzene rings is 1. The van der Waals surface area contributed by atoms with Crippen LogP contribution in [0.4, 0.5) is 5.13 Å². The fourth-order valence-electron chi connectivity index (χ4n) is 2.25. The maximum atomic E-state index is 12.1. The number of H-pyrrole nitrogens is 1. The quantitative estimate of drug-likeness (QED) is 0.394. The second kappa shape index (κ2) is 9.72. The van der Waals surface area contributed by atoms with Gasteiger partial charge in [0.2, 0.25) is 11.1 Å². The number of rotatable bonds is 8. The van der Waals surface area contributed by atoms with E-state index >= 15 is 0 Å². The molecular formula is C17H16ClN5O4S2. The fourth-order valence-corrected chi connectivity index (χ4v) is 3.74. The van der Waals surface area contributed by atoms with E-state index in [-0.39, 0.29) is 24.1 Å². The highest BCUT2D eigenvalue weighted by Crippen LogP contribution is 2.31. The smallest absolute Gasteiger partial charge is 0.311 e. The molecule has 12 heteroatoms. The molecule has 0 atom stereocenters. The summed E-state index contributed by atoms with van der Waals surface area (Å²) in [6.45, 7) is 0. The zero-order valence-corrected chi connectivity index (χ0v) is 17.8. The predicted molar refractivity (Wildman–Crippen MR) is 111 cm³/mol. The lowest BCUT2D eigenvalue weighted by atomic mass is 10.2. The third kappa shape index (κ3) is 5.68. The van der Waals surface area contributed by atoms with Gasteiger partial charge in [-0.1, -0.05) is 23.4 Å². The van der Waals surface area contributed by atoms with Crippen LogP contribution in [0.2, 0.25) is 5.02 Å². The molecule has 1 amide bonds. The molecule has 29 heavy (non-hydrogen) atoms. The molecule has 0 unspecified atom stereocenters. The van der Waals surface area contributed by atoms with Gasteiger partial charge in [-0.25, -0.2) is 9.97 Å². The third-order valence-electron chi connectivity index (χ3n) is 3.57. The molecule has 0 saturated carbocycles. The summed E-state index contributed by atoms with van der Waals surface area (Å²) in [5.41, 5.74) is 1.21. The van der Waals surface area contributed by atoms with E-state index in [0.717, 1.165) is 0 Å². The largest absolute Gasteiger partial charge is 0.496 e. The minimum Gasteiger partial charge on any atom is -0.496 e. The van der Waals surface area contributed by atoms with E-state index in [9.17, 15) is 9.59 Å². The van der Waals surface area contributed by atoms with Crippen molar-refractivity contribution >= 4 is 51.7 Å². The predicted octanol–water partition coefficient (Wildman–Crippen LogP) is 3.04. The van der Waals surface area contributed by atoms with Crippen molar-refractivity contribution in [3.63, 3.8) is 0 Å². The number of hydrogen-bond acceptors (Lipinski definition) is 9. The van der Waals surface area contributed by atoms with Crippen molar-refractivity contribution in [3.8, 4) is 17.1 Å². The van der Waals surface area contributed by atoms with E-state index in [0.29, 0.717) is 38.1 Å². The monoisotopic (exact) mass is 453 g/mol.